The Labute approximate surface area is 87.1 Å². The van der Waals surface area contributed by atoms with E-state index in [0.717, 1.165) is 6.07 Å². The van der Waals surface area contributed by atoms with E-state index in [0.29, 0.717) is 6.92 Å². The molecule has 0 nitrogen and oxygen atoms in total. The van der Waals surface area contributed by atoms with Gasteiger partial charge in [0.2, 0.25) is 5.67 Å². The fraction of sp³-hybridized carbons (Fsp3) is 0.333. The molecule has 0 heterocycles. The molecule has 1 atom stereocenters. The highest BCUT2D eigenvalue weighted by atomic mass is 79.9. The summed E-state index contributed by atoms with van der Waals surface area (Å²) in [5.41, 5.74) is -3.74. The van der Waals surface area contributed by atoms with Gasteiger partial charge in [0.25, 0.3) is 0 Å². The molecule has 0 aromatic heterocycles. The van der Waals surface area contributed by atoms with Crippen LogP contribution >= 0.6 is 15.9 Å². The molecule has 0 aliphatic rings. The van der Waals surface area contributed by atoms with Gasteiger partial charge in [-0.15, -0.1) is 0 Å². The molecule has 0 radical (unpaired) electrons. The van der Waals surface area contributed by atoms with Crippen molar-refractivity contribution < 1.29 is 17.6 Å². The van der Waals surface area contributed by atoms with Gasteiger partial charge in [-0.2, -0.15) is 13.2 Å². The van der Waals surface area contributed by atoms with Crippen molar-refractivity contribution in [3.05, 3.63) is 34.3 Å². The third kappa shape index (κ3) is 1.92. The molecule has 1 rings (SSSR count). The molecule has 78 valence electrons. The average molecular weight is 271 g/mol. The molecule has 0 spiro atoms. The van der Waals surface area contributed by atoms with Gasteiger partial charge in [0, 0.05) is 10.0 Å². The van der Waals surface area contributed by atoms with Crippen LogP contribution in [0.4, 0.5) is 17.6 Å². The maximum Gasteiger partial charge on any atom is 0.426 e. The summed E-state index contributed by atoms with van der Waals surface area (Å²) in [6.45, 7) is 0.507. The molecule has 5 heteroatoms. The lowest BCUT2D eigenvalue weighted by Crippen LogP contribution is -2.35. The summed E-state index contributed by atoms with van der Waals surface area (Å²) in [5.74, 6) is 0. The van der Waals surface area contributed by atoms with E-state index in [9.17, 15) is 17.6 Å². The highest BCUT2D eigenvalue weighted by molar-refractivity contribution is 9.10. The van der Waals surface area contributed by atoms with Gasteiger partial charge in [0.15, 0.2) is 0 Å². The van der Waals surface area contributed by atoms with Gasteiger partial charge in [-0.25, -0.2) is 4.39 Å². The van der Waals surface area contributed by atoms with Gasteiger partial charge in [0.1, 0.15) is 0 Å². The second-order valence-corrected chi connectivity index (χ2v) is 3.83. The quantitative estimate of drug-likeness (QED) is 0.671. The van der Waals surface area contributed by atoms with Crippen LogP contribution in [0.2, 0.25) is 0 Å². The molecule has 1 aromatic carbocycles. The highest BCUT2D eigenvalue weighted by Crippen LogP contribution is 2.44. The lowest BCUT2D eigenvalue weighted by atomic mass is 9.97. The van der Waals surface area contributed by atoms with Gasteiger partial charge in [-0.1, -0.05) is 34.1 Å². The van der Waals surface area contributed by atoms with E-state index < -0.39 is 17.4 Å². The number of benzene rings is 1. The molecular weight excluding hydrogens is 264 g/mol. The van der Waals surface area contributed by atoms with Crippen LogP contribution in [-0.2, 0) is 5.67 Å². The van der Waals surface area contributed by atoms with Gasteiger partial charge in [0.05, 0.1) is 0 Å². The molecule has 0 bridgehead atoms. The van der Waals surface area contributed by atoms with Crippen LogP contribution in [0.25, 0.3) is 0 Å². The number of rotatable bonds is 1. The van der Waals surface area contributed by atoms with Crippen molar-refractivity contribution in [1.29, 1.82) is 0 Å². The molecule has 0 N–H and O–H groups in total. The maximum absolute atomic E-state index is 13.4. The van der Waals surface area contributed by atoms with Crippen molar-refractivity contribution in [2.75, 3.05) is 0 Å². The summed E-state index contributed by atoms with van der Waals surface area (Å²) in [6, 6.07) is 5.38. The second kappa shape index (κ2) is 3.53. The second-order valence-electron chi connectivity index (χ2n) is 2.98. The third-order valence-corrected chi connectivity index (χ3v) is 2.60. The fourth-order valence-corrected chi connectivity index (χ4v) is 1.65. The summed E-state index contributed by atoms with van der Waals surface area (Å²) in [6.07, 6.45) is -4.91. The zero-order valence-electron chi connectivity index (χ0n) is 7.20. The topological polar surface area (TPSA) is 0 Å². The van der Waals surface area contributed by atoms with Crippen molar-refractivity contribution in [3.63, 3.8) is 0 Å². The molecule has 1 aromatic rings. The first-order valence-corrected chi connectivity index (χ1v) is 4.57. The number of halogens is 5. The molecular formula is C9H7BrF4. The molecule has 0 aliphatic carbocycles. The Hall–Kier alpha value is -0.580. The molecule has 0 saturated heterocycles. The first kappa shape index (κ1) is 11.5. The van der Waals surface area contributed by atoms with E-state index in [1.165, 1.54) is 18.2 Å². The Morgan fingerprint density at radius 3 is 2.00 bits per heavy atom. The summed E-state index contributed by atoms with van der Waals surface area (Å²) in [4.78, 5) is 0. The Bertz CT molecular complexity index is 330. The van der Waals surface area contributed by atoms with Crippen molar-refractivity contribution >= 4 is 15.9 Å². The van der Waals surface area contributed by atoms with Crippen molar-refractivity contribution in [1.82, 2.24) is 0 Å². The number of hydrogen-bond acceptors (Lipinski definition) is 0. The molecule has 14 heavy (non-hydrogen) atoms. The first-order chi connectivity index (χ1) is 6.27. The van der Waals surface area contributed by atoms with E-state index >= 15 is 0 Å². The first-order valence-electron chi connectivity index (χ1n) is 3.77. The van der Waals surface area contributed by atoms with E-state index in [1.54, 1.807) is 0 Å². The van der Waals surface area contributed by atoms with Crippen LogP contribution in [0.3, 0.4) is 0 Å². The summed E-state index contributed by atoms with van der Waals surface area (Å²) in [7, 11) is 0. The minimum Gasteiger partial charge on any atom is -0.229 e. The van der Waals surface area contributed by atoms with Crippen LogP contribution in [-0.4, -0.2) is 6.18 Å². The van der Waals surface area contributed by atoms with Crippen LogP contribution in [0.1, 0.15) is 12.5 Å². The lowest BCUT2D eigenvalue weighted by Gasteiger charge is -2.24. The zero-order valence-corrected chi connectivity index (χ0v) is 8.79. The van der Waals surface area contributed by atoms with E-state index in [2.05, 4.69) is 15.9 Å². The molecule has 0 amide bonds. The molecule has 0 saturated carbocycles. The van der Waals surface area contributed by atoms with Crippen LogP contribution in [0.15, 0.2) is 28.7 Å². The monoisotopic (exact) mass is 270 g/mol. The van der Waals surface area contributed by atoms with Crippen LogP contribution < -0.4 is 0 Å². The summed E-state index contributed by atoms with van der Waals surface area (Å²) < 4.78 is 50.5. The smallest absolute Gasteiger partial charge is 0.229 e. The minimum atomic E-state index is -4.91. The Morgan fingerprint density at radius 2 is 1.57 bits per heavy atom. The van der Waals surface area contributed by atoms with E-state index in [4.69, 9.17) is 0 Å². The molecule has 0 fully saturated rings. The van der Waals surface area contributed by atoms with Crippen LogP contribution in [0, 0.1) is 0 Å². The Morgan fingerprint density at radius 1 is 1.07 bits per heavy atom. The minimum absolute atomic E-state index is 0.113. The van der Waals surface area contributed by atoms with Gasteiger partial charge in [-0.05, 0) is 13.0 Å². The number of alkyl halides is 4. The van der Waals surface area contributed by atoms with Gasteiger partial charge in [-0.3, -0.25) is 0 Å². The predicted octanol–water partition coefficient (Wildman–Crippen LogP) is 4.20. The highest BCUT2D eigenvalue weighted by Gasteiger charge is 2.54. The number of hydrogen-bond donors (Lipinski definition) is 0. The summed E-state index contributed by atoms with van der Waals surface area (Å²) in [5, 5.41) is 0. The van der Waals surface area contributed by atoms with Crippen molar-refractivity contribution in [2.24, 2.45) is 0 Å². The van der Waals surface area contributed by atoms with Crippen LogP contribution in [0.5, 0.6) is 0 Å². The summed E-state index contributed by atoms with van der Waals surface area (Å²) >= 11 is 2.88. The standard InChI is InChI=1S/C9H7BrF4/c1-8(11,9(12,13)14)6-4-2-3-5-7(6)10/h2-5H,1H3. The maximum atomic E-state index is 13.4. The normalized spacial score (nSPS) is 16.4. The van der Waals surface area contributed by atoms with Crippen molar-refractivity contribution in [3.8, 4) is 0 Å². The molecule has 0 aliphatic heterocycles. The Balaban J connectivity index is 3.23. The third-order valence-electron chi connectivity index (χ3n) is 1.91. The fourth-order valence-electron chi connectivity index (χ4n) is 0.995. The molecule has 1 unspecified atom stereocenters. The lowest BCUT2D eigenvalue weighted by molar-refractivity contribution is -0.229. The van der Waals surface area contributed by atoms with E-state index in [1.807, 2.05) is 0 Å². The van der Waals surface area contributed by atoms with Gasteiger partial charge >= 0.3 is 6.18 Å². The SMILES string of the molecule is CC(F)(c1ccccc1Br)C(F)(F)F. The zero-order chi connectivity index (χ0) is 11.0. The van der Waals surface area contributed by atoms with Gasteiger partial charge < -0.3 is 0 Å². The van der Waals surface area contributed by atoms with Crippen molar-refractivity contribution in [2.45, 2.75) is 18.8 Å². The Kier molecular flexibility index (Phi) is 2.90. The average Bonchev–Trinajstić information content (AvgIpc) is 2.02. The predicted molar refractivity (Wildman–Crippen MR) is 48.7 cm³/mol. The largest absolute Gasteiger partial charge is 0.426 e. The van der Waals surface area contributed by atoms with E-state index in [-0.39, 0.29) is 4.47 Å².